The predicted octanol–water partition coefficient (Wildman–Crippen LogP) is 0.653. The molecule has 0 spiro atoms. The summed E-state index contributed by atoms with van der Waals surface area (Å²) in [5.74, 6) is 1.42. The molecule has 1 aromatic heterocycles. The Morgan fingerprint density at radius 2 is 2.39 bits per heavy atom. The van der Waals surface area contributed by atoms with Gasteiger partial charge in [-0.25, -0.2) is 9.97 Å². The van der Waals surface area contributed by atoms with Crippen LogP contribution in [0.3, 0.4) is 0 Å². The van der Waals surface area contributed by atoms with Gasteiger partial charge in [0, 0.05) is 19.1 Å². The molecule has 2 atom stereocenters. The van der Waals surface area contributed by atoms with Gasteiger partial charge in [0.2, 0.25) is 0 Å². The van der Waals surface area contributed by atoms with Crippen molar-refractivity contribution in [2.24, 2.45) is 5.92 Å². The molecule has 0 bridgehead atoms. The lowest BCUT2D eigenvalue weighted by atomic mass is 9.98. The summed E-state index contributed by atoms with van der Waals surface area (Å²) >= 11 is 0. The van der Waals surface area contributed by atoms with E-state index in [2.05, 4.69) is 33.1 Å². The Kier molecular flexibility index (Phi) is 4.45. The van der Waals surface area contributed by atoms with Gasteiger partial charge < -0.3 is 5.32 Å². The van der Waals surface area contributed by atoms with Crippen LogP contribution in [-0.4, -0.2) is 29.1 Å². The molecule has 0 aromatic carbocycles. The fourth-order valence-electron chi connectivity index (χ4n) is 2.06. The smallest absolute Gasteiger partial charge is 0.158 e. The zero-order chi connectivity index (χ0) is 12.8. The van der Waals surface area contributed by atoms with Crippen LogP contribution >= 0.6 is 0 Å². The summed E-state index contributed by atoms with van der Waals surface area (Å²) < 4.78 is 0. The summed E-state index contributed by atoms with van der Waals surface area (Å²) in [4.78, 5) is 8.07. The van der Waals surface area contributed by atoms with Gasteiger partial charge in [-0.05, 0) is 25.7 Å². The monoisotopic (exact) mass is 246 g/mol. The molecule has 1 fully saturated rings. The van der Waals surface area contributed by atoms with Gasteiger partial charge in [-0.1, -0.05) is 0 Å². The lowest BCUT2D eigenvalue weighted by Crippen LogP contribution is -2.28. The normalized spacial score (nSPS) is 22.7. The van der Waals surface area contributed by atoms with Crippen molar-refractivity contribution >= 4 is 5.82 Å². The average molecular weight is 246 g/mol. The highest BCUT2D eigenvalue weighted by atomic mass is 15.4. The van der Waals surface area contributed by atoms with Crippen LogP contribution in [0.15, 0.2) is 12.4 Å². The van der Waals surface area contributed by atoms with Crippen molar-refractivity contribution in [1.29, 1.82) is 5.26 Å². The first kappa shape index (κ1) is 12.7. The highest BCUT2D eigenvalue weighted by molar-refractivity contribution is 5.32. The van der Waals surface area contributed by atoms with Crippen molar-refractivity contribution in [3.05, 3.63) is 18.1 Å². The van der Waals surface area contributed by atoms with E-state index in [4.69, 9.17) is 5.26 Å². The Hall–Kier alpha value is -1.71. The molecular weight excluding hydrogens is 228 g/mol. The summed E-state index contributed by atoms with van der Waals surface area (Å²) in [7, 11) is 0. The van der Waals surface area contributed by atoms with E-state index in [9.17, 15) is 0 Å². The number of hydrazine groups is 1. The first-order chi connectivity index (χ1) is 8.79. The molecule has 18 heavy (non-hydrogen) atoms. The zero-order valence-corrected chi connectivity index (χ0v) is 10.5. The number of aromatic nitrogens is 2. The van der Waals surface area contributed by atoms with E-state index in [0.29, 0.717) is 17.7 Å². The van der Waals surface area contributed by atoms with Crippen LogP contribution in [0.1, 0.15) is 25.5 Å². The fourth-order valence-corrected chi connectivity index (χ4v) is 2.06. The highest BCUT2D eigenvalue weighted by Crippen LogP contribution is 2.14. The van der Waals surface area contributed by atoms with E-state index < -0.39 is 0 Å². The number of hydrogen-bond donors (Lipinski definition) is 3. The molecule has 1 saturated heterocycles. The molecule has 2 unspecified atom stereocenters. The Balaban J connectivity index is 1.67. The summed E-state index contributed by atoms with van der Waals surface area (Å²) in [6, 6.07) is 2.49. The first-order valence-electron chi connectivity index (χ1n) is 6.24. The summed E-state index contributed by atoms with van der Waals surface area (Å²) in [5.41, 5.74) is 6.73. The summed E-state index contributed by atoms with van der Waals surface area (Å²) in [6.45, 7) is 4.12. The second-order valence-electron chi connectivity index (χ2n) is 4.54. The van der Waals surface area contributed by atoms with Gasteiger partial charge in [0.1, 0.15) is 11.9 Å². The van der Waals surface area contributed by atoms with Crippen LogP contribution in [0.2, 0.25) is 0 Å². The maximum atomic E-state index is 8.60. The zero-order valence-electron chi connectivity index (χ0n) is 10.5. The van der Waals surface area contributed by atoms with Crippen molar-refractivity contribution in [1.82, 2.24) is 20.8 Å². The summed E-state index contributed by atoms with van der Waals surface area (Å²) in [6.07, 6.45) is 5.35. The highest BCUT2D eigenvalue weighted by Gasteiger charge is 2.21. The molecule has 0 saturated carbocycles. The van der Waals surface area contributed by atoms with Crippen LogP contribution in [0.4, 0.5) is 5.82 Å². The van der Waals surface area contributed by atoms with Crippen LogP contribution in [0, 0.1) is 17.2 Å². The molecule has 1 aliphatic rings. The Morgan fingerprint density at radius 1 is 1.50 bits per heavy atom. The van der Waals surface area contributed by atoms with E-state index >= 15 is 0 Å². The van der Waals surface area contributed by atoms with Crippen molar-refractivity contribution < 1.29 is 0 Å². The van der Waals surface area contributed by atoms with Crippen molar-refractivity contribution in [3.8, 4) is 6.07 Å². The van der Waals surface area contributed by atoms with E-state index in [1.807, 2.05) is 6.07 Å². The van der Waals surface area contributed by atoms with Crippen molar-refractivity contribution in [3.63, 3.8) is 0 Å². The molecule has 0 amide bonds. The summed E-state index contributed by atoms with van der Waals surface area (Å²) in [5, 5.41) is 11.8. The third kappa shape index (κ3) is 3.39. The van der Waals surface area contributed by atoms with E-state index in [0.717, 1.165) is 25.3 Å². The molecule has 3 N–H and O–H groups in total. The number of nitrogens with one attached hydrogen (secondary N) is 3. The van der Waals surface area contributed by atoms with E-state index in [1.165, 1.54) is 12.6 Å². The number of rotatable bonds is 5. The van der Waals surface area contributed by atoms with Crippen molar-refractivity contribution in [2.75, 3.05) is 18.4 Å². The molecule has 6 heteroatoms. The molecule has 96 valence electrons. The number of anilines is 1. The number of nitrogens with zero attached hydrogens (tertiary/aromatic N) is 3. The third-order valence-corrected chi connectivity index (χ3v) is 3.23. The van der Waals surface area contributed by atoms with Gasteiger partial charge >= 0.3 is 0 Å². The van der Waals surface area contributed by atoms with Gasteiger partial charge in [-0.3, -0.25) is 10.9 Å². The van der Waals surface area contributed by atoms with Crippen LogP contribution in [-0.2, 0) is 0 Å². The Morgan fingerprint density at radius 3 is 3.00 bits per heavy atom. The third-order valence-electron chi connectivity index (χ3n) is 3.23. The average Bonchev–Trinajstić information content (AvgIpc) is 2.81. The fraction of sp³-hybridized carbons (Fsp3) is 0.583. The molecule has 0 radical (unpaired) electrons. The molecule has 6 nitrogen and oxygen atoms in total. The lowest BCUT2D eigenvalue weighted by molar-refractivity contribution is 0.452. The molecular formula is C12H18N6. The molecule has 1 aliphatic heterocycles. The maximum absolute atomic E-state index is 8.60. The number of nitriles is 1. The van der Waals surface area contributed by atoms with Crippen LogP contribution in [0.25, 0.3) is 0 Å². The number of hydrogen-bond acceptors (Lipinski definition) is 6. The first-order valence-corrected chi connectivity index (χ1v) is 6.24. The van der Waals surface area contributed by atoms with Gasteiger partial charge in [-0.15, -0.1) is 0 Å². The predicted molar refractivity (Wildman–Crippen MR) is 68.6 cm³/mol. The molecule has 0 aliphatic carbocycles. The minimum absolute atomic E-state index is 0.345. The SMILES string of the molecule is CC1NNCC1CCCNc1cnc(C#N)cn1. The largest absolute Gasteiger partial charge is 0.369 e. The van der Waals surface area contributed by atoms with Crippen molar-refractivity contribution in [2.45, 2.75) is 25.8 Å². The quantitative estimate of drug-likeness (QED) is 0.661. The van der Waals surface area contributed by atoms with E-state index in [-0.39, 0.29) is 0 Å². The van der Waals surface area contributed by atoms with Gasteiger partial charge in [-0.2, -0.15) is 5.26 Å². The standard InChI is InChI=1S/C12H18N6/c1-9-10(6-17-18-9)3-2-4-14-12-8-15-11(5-13)7-16-12/h7-10,17-18H,2-4,6H2,1H3,(H,14,16). The minimum atomic E-state index is 0.345. The Bertz CT molecular complexity index is 410. The lowest BCUT2D eigenvalue weighted by Gasteiger charge is -2.13. The topological polar surface area (TPSA) is 85.7 Å². The van der Waals surface area contributed by atoms with Gasteiger partial charge in [0.15, 0.2) is 5.69 Å². The molecule has 2 heterocycles. The minimum Gasteiger partial charge on any atom is -0.369 e. The van der Waals surface area contributed by atoms with Crippen LogP contribution in [0.5, 0.6) is 0 Å². The Labute approximate surface area is 107 Å². The van der Waals surface area contributed by atoms with Gasteiger partial charge in [0.25, 0.3) is 0 Å². The molecule has 1 aromatic rings. The van der Waals surface area contributed by atoms with Crippen LogP contribution < -0.4 is 16.2 Å². The second kappa shape index (κ2) is 6.28. The molecule has 2 rings (SSSR count). The van der Waals surface area contributed by atoms with E-state index in [1.54, 1.807) is 6.20 Å². The maximum Gasteiger partial charge on any atom is 0.158 e. The van der Waals surface area contributed by atoms with Gasteiger partial charge in [0.05, 0.1) is 12.4 Å². The second-order valence-corrected chi connectivity index (χ2v) is 4.54.